The number of hydrogen-bond donors (Lipinski definition) is 3. The van der Waals surface area contributed by atoms with E-state index in [1.807, 2.05) is 37.3 Å². The Kier molecular flexibility index (Phi) is 4.64. The molecule has 0 saturated carbocycles. The minimum absolute atomic E-state index is 0.122. The number of nitrogens with zero attached hydrogens (tertiary/aromatic N) is 3. The zero-order valence-electron chi connectivity index (χ0n) is 14.4. The van der Waals surface area contributed by atoms with Crippen LogP contribution in [0.25, 0.3) is 21.5 Å². The molecule has 4 rings (SSSR count). The fourth-order valence-corrected chi connectivity index (χ4v) is 3.75. The first-order chi connectivity index (χ1) is 12.7. The molecule has 0 saturated heterocycles. The van der Waals surface area contributed by atoms with Gasteiger partial charge in [0.25, 0.3) is 0 Å². The number of nitrogens with one attached hydrogen (secondary N) is 2. The summed E-state index contributed by atoms with van der Waals surface area (Å²) in [6, 6.07) is 16.6. The fourth-order valence-electron chi connectivity index (χ4n) is 2.94. The van der Waals surface area contributed by atoms with Crippen molar-refractivity contribution in [1.82, 2.24) is 20.4 Å². The van der Waals surface area contributed by atoms with Gasteiger partial charge in [0, 0.05) is 29.2 Å². The van der Waals surface area contributed by atoms with Gasteiger partial charge in [0.1, 0.15) is 5.01 Å². The molecule has 2 aromatic carbocycles. The summed E-state index contributed by atoms with van der Waals surface area (Å²) in [6.07, 6.45) is 0.854. The van der Waals surface area contributed by atoms with Crippen LogP contribution in [0.4, 0.5) is 5.13 Å². The zero-order valence-corrected chi connectivity index (χ0v) is 15.3. The van der Waals surface area contributed by atoms with E-state index in [2.05, 4.69) is 43.9 Å². The van der Waals surface area contributed by atoms with Gasteiger partial charge in [0.05, 0.1) is 5.52 Å². The SMILES string of the molecule is Cc1[nH]nc2ccc(-c3nnc(N[C@@H](CN)Cc4ccccc4)s3)cc12. The second-order valence-corrected chi connectivity index (χ2v) is 7.24. The number of aryl methyl sites for hydroxylation is 1. The summed E-state index contributed by atoms with van der Waals surface area (Å²) in [5, 5.41) is 22.1. The maximum Gasteiger partial charge on any atom is 0.206 e. The van der Waals surface area contributed by atoms with Crippen molar-refractivity contribution in [3.05, 3.63) is 59.8 Å². The van der Waals surface area contributed by atoms with Crippen LogP contribution in [0.15, 0.2) is 48.5 Å². The molecule has 0 unspecified atom stereocenters. The summed E-state index contributed by atoms with van der Waals surface area (Å²) in [4.78, 5) is 0. The lowest BCUT2D eigenvalue weighted by atomic mass is 10.1. The molecular formula is C19H20N6S. The lowest BCUT2D eigenvalue weighted by molar-refractivity contribution is 0.721. The summed E-state index contributed by atoms with van der Waals surface area (Å²) >= 11 is 1.54. The third-order valence-corrected chi connectivity index (χ3v) is 5.26. The van der Waals surface area contributed by atoms with Gasteiger partial charge in [0.2, 0.25) is 5.13 Å². The Hall–Kier alpha value is -2.77. The molecule has 0 aliphatic carbocycles. The Balaban J connectivity index is 1.52. The van der Waals surface area contributed by atoms with Crippen molar-refractivity contribution >= 4 is 27.4 Å². The minimum Gasteiger partial charge on any atom is -0.356 e. The van der Waals surface area contributed by atoms with Gasteiger partial charge in [-0.05, 0) is 37.1 Å². The molecule has 26 heavy (non-hydrogen) atoms. The third-order valence-electron chi connectivity index (χ3n) is 4.35. The zero-order chi connectivity index (χ0) is 17.9. The molecule has 4 aromatic rings. The smallest absolute Gasteiger partial charge is 0.206 e. The highest BCUT2D eigenvalue weighted by Gasteiger charge is 2.13. The topological polar surface area (TPSA) is 92.5 Å². The molecule has 0 spiro atoms. The van der Waals surface area contributed by atoms with Crippen molar-refractivity contribution in [3.8, 4) is 10.6 Å². The fraction of sp³-hybridized carbons (Fsp3) is 0.211. The molecule has 0 fully saturated rings. The van der Waals surface area contributed by atoms with Gasteiger partial charge in [-0.1, -0.05) is 41.7 Å². The van der Waals surface area contributed by atoms with Crippen molar-refractivity contribution in [2.24, 2.45) is 5.73 Å². The van der Waals surface area contributed by atoms with E-state index in [0.29, 0.717) is 6.54 Å². The number of H-pyrrole nitrogens is 1. The summed E-state index contributed by atoms with van der Waals surface area (Å²) in [7, 11) is 0. The number of benzene rings is 2. The Morgan fingerprint density at radius 3 is 2.81 bits per heavy atom. The maximum absolute atomic E-state index is 5.94. The average Bonchev–Trinajstić information content (AvgIpc) is 3.29. The van der Waals surface area contributed by atoms with E-state index in [1.165, 1.54) is 16.9 Å². The Labute approximate surface area is 155 Å². The minimum atomic E-state index is 0.122. The van der Waals surface area contributed by atoms with Crippen LogP contribution in [0.2, 0.25) is 0 Å². The Morgan fingerprint density at radius 2 is 2.00 bits per heavy atom. The van der Waals surface area contributed by atoms with E-state index in [4.69, 9.17) is 5.73 Å². The lowest BCUT2D eigenvalue weighted by Gasteiger charge is -2.15. The first kappa shape index (κ1) is 16.7. The predicted octanol–water partition coefficient (Wildman–Crippen LogP) is 3.37. The van der Waals surface area contributed by atoms with Gasteiger partial charge in [0.15, 0.2) is 0 Å². The molecule has 6 nitrogen and oxygen atoms in total. The lowest BCUT2D eigenvalue weighted by Crippen LogP contribution is -2.30. The van der Waals surface area contributed by atoms with Gasteiger partial charge >= 0.3 is 0 Å². The van der Waals surface area contributed by atoms with Gasteiger partial charge < -0.3 is 11.1 Å². The van der Waals surface area contributed by atoms with Crippen LogP contribution in [-0.4, -0.2) is 33.0 Å². The van der Waals surface area contributed by atoms with Crippen LogP contribution < -0.4 is 11.1 Å². The standard InChI is InChI=1S/C19H20N6S/c1-12-16-10-14(7-8-17(16)23-22-12)18-24-25-19(26-18)21-15(11-20)9-13-5-3-2-4-6-13/h2-8,10,15H,9,11,20H2,1H3,(H,21,25)(H,22,23)/t15-/m1/s1. The van der Waals surface area contributed by atoms with Crippen LogP contribution in [0.3, 0.4) is 0 Å². The number of hydrogen-bond acceptors (Lipinski definition) is 6. The predicted molar refractivity (Wildman–Crippen MR) is 106 cm³/mol. The summed E-state index contributed by atoms with van der Waals surface area (Å²) in [6.45, 7) is 2.55. The largest absolute Gasteiger partial charge is 0.356 e. The molecular weight excluding hydrogens is 344 g/mol. The molecule has 0 amide bonds. The van der Waals surface area contributed by atoms with E-state index < -0.39 is 0 Å². The van der Waals surface area contributed by atoms with E-state index in [9.17, 15) is 0 Å². The maximum atomic E-state index is 5.94. The van der Waals surface area contributed by atoms with Crippen LogP contribution in [0, 0.1) is 6.92 Å². The quantitative estimate of drug-likeness (QED) is 0.488. The van der Waals surface area contributed by atoms with Crippen LogP contribution in [-0.2, 0) is 6.42 Å². The first-order valence-corrected chi connectivity index (χ1v) is 9.33. The monoisotopic (exact) mass is 364 g/mol. The van der Waals surface area contributed by atoms with Crippen LogP contribution >= 0.6 is 11.3 Å². The number of fused-ring (bicyclic) bond motifs is 1. The van der Waals surface area contributed by atoms with Gasteiger partial charge in [-0.25, -0.2) is 0 Å². The highest BCUT2D eigenvalue weighted by Crippen LogP contribution is 2.29. The normalized spacial score (nSPS) is 12.4. The molecule has 0 aliphatic heterocycles. The third kappa shape index (κ3) is 3.44. The Bertz CT molecular complexity index is 1010. The number of nitrogens with two attached hydrogens (primary N) is 1. The van der Waals surface area contributed by atoms with Crippen molar-refractivity contribution in [2.75, 3.05) is 11.9 Å². The van der Waals surface area contributed by atoms with Gasteiger partial charge in [-0.15, -0.1) is 10.2 Å². The van der Waals surface area contributed by atoms with Crippen molar-refractivity contribution < 1.29 is 0 Å². The highest BCUT2D eigenvalue weighted by atomic mass is 32.1. The molecule has 2 aromatic heterocycles. The number of anilines is 1. The molecule has 7 heteroatoms. The van der Waals surface area contributed by atoms with E-state index in [0.717, 1.165) is 38.7 Å². The summed E-state index contributed by atoms with van der Waals surface area (Å²) in [5.41, 5.74) is 10.2. The molecule has 0 bridgehead atoms. The number of aromatic nitrogens is 4. The summed E-state index contributed by atoms with van der Waals surface area (Å²) < 4.78 is 0. The average molecular weight is 364 g/mol. The molecule has 0 radical (unpaired) electrons. The van der Waals surface area contributed by atoms with E-state index >= 15 is 0 Å². The molecule has 4 N–H and O–H groups in total. The second-order valence-electron chi connectivity index (χ2n) is 6.26. The highest BCUT2D eigenvalue weighted by molar-refractivity contribution is 7.18. The second kappa shape index (κ2) is 7.23. The Morgan fingerprint density at radius 1 is 1.15 bits per heavy atom. The van der Waals surface area contributed by atoms with Gasteiger partial charge in [-0.3, -0.25) is 5.10 Å². The van der Waals surface area contributed by atoms with Crippen LogP contribution in [0.5, 0.6) is 0 Å². The van der Waals surface area contributed by atoms with Crippen molar-refractivity contribution in [3.63, 3.8) is 0 Å². The summed E-state index contributed by atoms with van der Waals surface area (Å²) in [5.74, 6) is 0. The molecule has 132 valence electrons. The van der Waals surface area contributed by atoms with E-state index in [-0.39, 0.29) is 6.04 Å². The van der Waals surface area contributed by atoms with Crippen LogP contribution in [0.1, 0.15) is 11.3 Å². The molecule has 0 aliphatic rings. The van der Waals surface area contributed by atoms with Crippen molar-refractivity contribution in [1.29, 1.82) is 0 Å². The number of aromatic amines is 1. The molecule has 1 atom stereocenters. The molecule has 2 heterocycles. The van der Waals surface area contributed by atoms with Gasteiger partial charge in [-0.2, -0.15) is 5.10 Å². The van der Waals surface area contributed by atoms with Crippen molar-refractivity contribution in [2.45, 2.75) is 19.4 Å². The number of rotatable bonds is 6. The first-order valence-electron chi connectivity index (χ1n) is 8.52. The van der Waals surface area contributed by atoms with E-state index in [1.54, 1.807) is 0 Å².